The summed E-state index contributed by atoms with van der Waals surface area (Å²) in [4.78, 5) is 15.5. The molecular formula is C31H34N8O3S. The van der Waals surface area contributed by atoms with E-state index in [2.05, 4.69) is 31.9 Å². The normalized spacial score (nSPS) is 15.7. The predicted molar refractivity (Wildman–Crippen MR) is 170 cm³/mol. The van der Waals surface area contributed by atoms with Crippen molar-refractivity contribution in [3.63, 3.8) is 0 Å². The van der Waals surface area contributed by atoms with E-state index in [4.69, 9.17) is 5.73 Å². The highest BCUT2D eigenvalue weighted by molar-refractivity contribution is 7.90. The summed E-state index contributed by atoms with van der Waals surface area (Å²) < 4.78 is 25.1. The van der Waals surface area contributed by atoms with Crippen LogP contribution in [-0.2, 0) is 9.84 Å². The average Bonchev–Trinajstić information content (AvgIpc) is 3.00. The molecule has 1 unspecified atom stereocenters. The third kappa shape index (κ3) is 7.16. The highest BCUT2D eigenvalue weighted by atomic mass is 32.2. The minimum Gasteiger partial charge on any atom is -0.391 e. The van der Waals surface area contributed by atoms with Crippen LogP contribution in [0.1, 0.15) is 24.1 Å². The number of pyridine rings is 1. The number of rotatable bonds is 9. The number of aromatic nitrogens is 3. The van der Waals surface area contributed by atoms with Gasteiger partial charge in [-0.15, -0.1) is 0 Å². The summed E-state index contributed by atoms with van der Waals surface area (Å²) >= 11 is 0. The average molecular weight is 599 g/mol. The molecule has 2 aromatic heterocycles. The largest absolute Gasteiger partial charge is 0.391 e. The van der Waals surface area contributed by atoms with Crippen molar-refractivity contribution >= 4 is 38.7 Å². The van der Waals surface area contributed by atoms with Crippen LogP contribution in [0.5, 0.6) is 0 Å². The Morgan fingerprint density at radius 2 is 1.95 bits per heavy atom. The molecule has 222 valence electrons. The Morgan fingerprint density at radius 1 is 1.16 bits per heavy atom. The highest BCUT2D eigenvalue weighted by Gasteiger charge is 2.24. The molecule has 1 aliphatic rings. The van der Waals surface area contributed by atoms with Crippen LogP contribution in [0.4, 0.5) is 23.0 Å². The van der Waals surface area contributed by atoms with Gasteiger partial charge >= 0.3 is 0 Å². The second-order valence-corrected chi connectivity index (χ2v) is 12.3. The Labute approximate surface area is 251 Å². The van der Waals surface area contributed by atoms with Gasteiger partial charge in [0.05, 0.1) is 28.1 Å². The first-order valence-corrected chi connectivity index (χ1v) is 15.7. The summed E-state index contributed by atoms with van der Waals surface area (Å²) in [6.07, 6.45) is 7.06. The summed E-state index contributed by atoms with van der Waals surface area (Å²) in [6, 6.07) is 18.1. The fraction of sp³-hybridized carbons (Fsp3) is 0.226. The van der Waals surface area contributed by atoms with Gasteiger partial charge < -0.3 is 21.1 Å². The van der Waals surface area contributed by atoms with E-state index >= 15 is 0 Å². The van der Waals surface area contributed by atoms with Gasteiger partial charge in [-0.3, -0.25) is 4.98 Å². The number of nitrogens with two attached hydrogens (primary N) is 1. The van der Waals surface area contributed by atoms with Crippen LogP contribution in [0.2, 0.25) is 0 Å². The molecule has 2 aromatic carbocycles. The van der Waals surface area contributed by atoms with Crippen molar-refractivity contribution in [1.29, 1.82) is 0 Å². The third-order valence-electron chi connectivity index (χ3n) is 7.03. The van der Waals surface area contributed by atoms with Crippen LogP contribution >= 0.6 is 0 Å². The second kappa shape index (κ2) is 12.6. The molecule has 5 rings (SSSR count). The van der Waals surface area contributed by atoms with Crippen LogP contribution in [0.25, 0.3) is 11.3 Å². The van der Waals surface area contributed by atoms with Crippen LogP contribution in [-0.4, -0.2) is 59.8 Å². The third-order valence-corrected chi connectivity index (χ3v) is 8.17. The molecule has 0 aliphatic carbocycles. The number of piperidine rings is 1. The Balaban J connectivity index is 1.35. The van der Waals surface area contributed by atoms with E-state index in [0.29, 0.717) is 48.2 Å². The van der Waals surface area contributed by atoms with Gasteiger partial charge in [0.25, 0.3) is 0 Å². The summed E-state index contributed by atoms with van der Waals surface area (Å²) in [6.45, 7) is 6.80. The number of aryl methyl sites for hydroxylation is 1. The van der Waals surface area contributed by atoms with E-state index in [-0.39, 0.29) is 4.90 Å². The Morgan fingerprint density at radius 3 is 2.63 bits per heavy atom. The van der Waals surface area contributed by atoms with Gasteiger partial charge in [0.2, 0.25) is 5.95 Å². The first-order valence-electron chi connectivity index (χ1n) is 13.8. The molecule has 1 fully saturated rings. The zero-order valence-corrected chi connectivity index (χ0v) is 24.9. The number of benzene rings is 2. The minimum atomic E-state index is -3.48. The smallest absolute Gasteiger partial charge is 0.227 e. The van der Waals surface area contributed by atoms with Gasteiger partial charge in [-0.2, -0.15) is 5.10 Å². The lowest BCUT2D eigenvalue weighted by Crippen LogP contribution is -2.38. The van der Waals surface area contributed by atoms with Crippen LogP contribution in [0, 0.1) is 6.92 Å². The maximum absolute atomic E-state index is 12.5. The Kier molecular flexibility index (Phi) is 8.69. The van der Waals surface area contributed by atoms with Crippen LogP contribution in [0.3, 0.4) is 0 Å². The number of β-amino-alcohol motifs (C(OH)–C–C–N with tert-alkyl or cyclic N) is 1. The van der Waals surface area contributed by atoms with Crippen molar-refractivity contribution < 1.29 is 13.5 Å². The lowest BCUT2D eigenvalue weighted by molar-refractivity contribution is 0.154. The van der Waals surface area contributed by atoms with Gasteiger partial charge in [-0.25, -0.2) is 23.4 Å². The first kappa shape index (κ1) is 29.7. The molecule has 0 radical (unpaired) electrons. The quantitative estimate of drug-likeness (QED) is 0.145. The number of amidine groups is 1. The standard InChI is InChI=1S/C31H34N8O3S/c1-4-39(37-30(32)23-8-7-21(2)34-19-23)25-12-10-24(11-13-25)35-31-33-16-15-27(36-31)22-9-14-29(43(3,41)42)28(18-22)38-17-5-6-26(40)20-38/h4,7-16,18-19,26,40H,1,5-6,17,20H2,2-3H3,(H2,32,37)(H,33,35,36). The first-order chi connectivity index (χ1) is 20.6. The van der Waals surface area contributed by atoms with Gasteiger partial charge in [-0.05, 0) is 74.4 Å². The van der Waals surface area contributed by atoms with Crippen LogP contribution < -0.4 is 21.0 Å². The van der Waals surface area contributed by atoms with Crippen molar-refractivity contribution in [1.82, 2.24) is 15.0 Å². The zero-order valence-electron chi connectivity index (χ0n) is 24.1. The number of hydrogen-bond donors (Lipinski definition) is 3. The summed E-state index contributed by atoms with van der Waals surface area (Å²) in [5.74, 6) is 0.686. The summed E-state index contributed by atoms with van der Waals surface area (Å²) in [5, 5.41) is 19.5. The summed E-state index contributed by atoms with van der Waals surface area (Å²) in [5.41, 5.74) is 11.2. The lowest BCUT2D eigenvalue weighted by Gasteiger charge is -2.33. The number of nitrogens with zero attached hydrogens (tertiary/aromatic N) is 6. The van der Waals surface area contributed by atoms with Crippen LogP contribution in [0.15, 0.2) is 95.8 Å². The van der Waals surface area contributed by atoms with Crippen molar-refractivity contribution in [2.75, 3.05) is 34.6 Å². The maximum Gasteiger partial charge on any atom is 0.227 e. The number of anilines is 4. The van der Waals surface area contributed by atoms with E-state index in [1.54, 1.807) is 41.8 Å². The monoisotopic (exact) mass is 598 g/mol. The van der Waals surface area contributed by atoms with E-state index in [1.165, 1.54) is 6.26 Å². The van der Waals surface area contributed by atoms with E-state index in [9.17, 15) is 13.5 Å². The number of aliphatic hydroxyl groups is 1. The van der Waals surface area contributed by atoms with E-state index in [0.717, 1.165) is 29.1 Å². The highest BCUT2D eigenvalue weighted by Crippen LogP contribution is 2.33. The SMILES string of the molecule is C=CN(/N=C(\N)c1ccc(C)nc1)c1ccc(Nc2nccc(-c3ccc(S(C)(=O)=O)c(N4CCCC(O)C4)c3)n2)cc1. The van der Waals surface area contributed by atoms with Crippen molar-refractivity contribution in [3.05, 3.63) is 97.1 Å². The van der Waals surface area contributed by atoms with E-state index in [1.807, 2.05) is 54.3 Å². The molecule has 1 atom stereocenters. The van der Waals surface area contributed by atoms with Gasteiger partial charge in [-0.1, -0.05) is 12.6 Å². The topological polar surface area (TPSA) is 150 Å². The number of hydrazone groups is 1. The van der Waals surface area contributed by atoms with Crippen molar-refractivity contribution in [3.8, 4) is 11.3 Å². The molecule has 12 heteroatoms. The molecule has 0 amide bonds. The Hall–Kier alpha value is -4.81. The van der Waals surface area contributed by atoms with Gasteiger partial charge in [0.15, 0.2) is 15.7 Å². The predicted octanol–water partition coefficient (Wildman–Crippen LogP) is 4.23. The number of aliphatic hydroxyl groups excluding tert-OH is 1. The molecule has 0 spiro atoms. The zero-order chi connectivity index (χ0) is 30.6. The molecule has 43 heavy (non-hydrogen) atoms. The fourth-order valence-electron chi connectivity index (χ4n) is 4.81. The second-order valence-electron chi connectivity index (χ2n) is 10.3. The van der Waals surface area contributed by atoms with Crippen molar-refractivity contribution in [2.24, 2.45) is 10.8 Å². The molecule has 4 aromatic rings. The molecule has 4 N–H and O–H groups in total. The van der Waals surface area contributed by atoms with Crippen molar-refractivity contribution in [2.45, 2.75) is 30.8 Å². The molecule has 3 heterocycles. The lowest BCUT2D eigenvalue weighted by atomic mass is 10.1. The molecule has 0 bridgehead atoms. The fourth-order valence-corrected chi connectivity index (χ4v) is 5.70. The minimum absolute atomic E-state index is 0.230. The summed E-state index contributed by atoms with van der Waals surface area (Å²) in [7, 11) is -3.48. The molecular weight excluding hydrogens is 564 g/mol. The van der Waals surface area contributed by atoms with Gasteiger partial charge in [0.1, 0.15) is 0 Å². The van der Waals surface area contributed by atoms with Gasteiger partial charge in [0, 0.05) is 60.4 Å². The molecule has 1 aliphatic heterocycles. The molecule has 11 nitrogen and oxygen atoms in total. The number of hydrogen-bond acceptors (Lipinski definition) is 10. The molecule has 1 saturated heterocycles. The Bertz CT molecular complexity index is 1740. The van der Waals surface area contributed by atoms with E-state index < -0.39 is 15.9 Å². The maximum atomic E-state index is 12.5. The molecule has 0 saturated carbocycles. The number of nitrogens with one attached hydrogen (secondary N) is 1. The number of sulfone groups is 1.